The fourth-order valence-electron chi connectivity index (χ4n) is 2.72. The van der Waals surface area contributed by atoms with Gasteiger partial charge in [-0.3, -0.25) is 0 Å². The van der Waals surface area contributed by atoms with E-state index in [9.17, 15) is 0 Å². The molecular formula is C15H27N5. The Bertz CT molecular complexity index is 413. The van der Waals surface area contributed by atoms with E-state index >= 15 is 0 Å². The maximum atomic E-state index is 4.35. The van der Waals surface area contributed by atoms with Gasteiger partial charge in [-0.25, -0.2) is 9.97 Å². The van der Waals surface area contributed by atoms with Crippen LogP contribution in [0.3, 0.4) is 0 Å². The Labute approximate surface area is 122 Å². The Kier molecular flexibility index (Phi) is 5.59. The number of aromatic nitrogens is 2. The highest BCUT2D eigenvalue weighted by Crippen LogP contribution is 2.21. The highest BCUT2D eigenvalue weighted by molar-refractivity contribution is 5.56. The molecule has 1 aliphatic heterocycles. The monoisotopic (exact) mass is 277 g/mol. The Morgan fingerprint density at radius 1 is 1.20 bits per heavy atom. The number of hydrogen-bond donors (Lipinski definition) is 2. The van der Waals surface area contributed by atoms with Crippen molar-refractivity contribution in [2.45, 2.75) is 33.1 Å². The summed E-state index contributed by atoms with van der Waals surface area (Å²) in [6.45, 7) is 8.50. The zero-order valence-corrected chi connectivity index (χ0v) is 12.9. The van der Waals surface area contributed by atoms with Gasteiger partial charge in [0.15, 0.2) is 0 Å². The Balaban J connectivity index is 1.80. The summed E-state index contributed by atoms with van der Waals surface area (Å²) in [5, 5.41) is 6.73. The van der Waals surface area contributed by atoms with Crippen LogP contribution in [0.25, 0.3) is 0 Å². The Morgan fingerprint density at radius 3 is 2.50 bits per heavy atom. The average Bonchev–Trinajstić information content (AvgIpc) is 2.45. The topological polar surface area (TPSA) is 53.1 Å². The van der Waals surface area contributed by atoms with Crippen molar-refractivity contribution in [2.24, 2.45) is 5.92 Å². The highest BCUT2D eigenvalue weighted by Gasteiger charge is 2.16. The van der Waals surface area contributed by atoms with Gasteiger partial charge in [0.05, 0.1) is 0 Å². The minimum Gasteiger partial charge on any atom is -0.370 e. The molecule has 1 aromatic rings. The molecule has 0 amide bonds. The first-order valence-corrected chi connectivity index (χ1v) is 7.68. The number of piperidine rings is 1. The summed E-state index contributed by atoms with van der Waals surface area (Å²) in [4.78, 5) is 11.0. The van der Waals surface area contributed by atoms with Crippen LogP contribution in [0.1, 0.15) is 31.7 Å². The smallest absolute Gasteiger partial charge is 0.134 e. The van der Waals surface area contributed by atoms with Gasteiger partial charge in [0.1, 0.15) is 18.0 Å². The van der Waals surface area contributed by atoms with E-state index in [4.69, 9.17) is 0 Å². The van der Waals surface area contributed by atoms with E-state index in [1.54, 1.807) is 6.33 Å². The van der Waals surface area contributed by atoms with E-state index in [1.807, 2.05) is 0 Å². The largest absolute Gasteiger partial charge is 0.370 e. The van der Waals surface area contributed by atoms with Gasteiger partial charge in [-0.2, -0.15) is 0 Å². The normalized spacial score (nSPS) is 17.1. The van der Waals surface area contributed by atoms with Crippen molar-refractivity contribution < 1.29 is 0 Å². The van der Waals surface area contributed by atoms with Gasteiger partial charge in [0.2, 0.25) is 0 Å². The second-order valence-corrected chi connectivity index (χ2v) is 5.69. The zero-order valence-electron chi connectivity index (χ0n) is 12.9. The average molecular weight is 277 g/mol. The van der Waals surface area contributed by atoms with Crippen LogP contribution in [0.5, 0.6) is 0 Å². The van der Waals surface area contributed by atoms with Crippen LogP contribution in [0.4, 0.5) is 11.6 Å². The lowest BCUT2D eigenvalue weighted by Crippen LogP contribution is -2.30. The van der Waals surface area contributed by atoms with Gasteiger partial charge >= 0.3 is 0 Å². The fraction of sp³-hybridized carbons (Fsp3) is 0.733. The van der Waals surface area contributed by atoms with E-state index in [0.717, 1.165) is 36.2 Å². The van der Waals surface area contributed by atoms with Gasteiger partial charge in [0.25, 0.3) is 0 Å². The van der Waals surface area contributed by atoms with Crippen LogP contribution in [-0.2, 0) is 0 Å². The number of likely N-dealkylation sites (tertiary alicyclic amines) is 1. The second-order valence-electron chi connectivity index (χ2n) is 5.69. The molecular weight excluding hydrogens is 250 g/mol. The molecule has 0 saturated carbocycles. The standard InChI is InChI=1S/C15H27N5/c1-4-16-14-12(2)15(19-11-18-14)17-8-5-13-6-9-20(3)10-7-13/h11,13H,4-10H2,1-3H3,(H2,16,17,18,19). The first-order valence-electron chi connectivity index (χ1n) is 7.68. The lowest BCUT2D eigenvalue weighted by atomic mass is 9.94. The third kappa shape index (κ3) is 4.07. The number of anilines is 2. The maximum absolute atomic E-state index is 4.35. The number of nitrogens with one attached hydrogen (secondary N) is 2. The molecule has 1 fully saturated rings. The van der Waals surface area contributed by atoms with Crippen LogP contribution in [0.15, 0.2) is 6.33 Å². The SMILES string of the molecule is CCNc1ncnc(NCCC2CCN(C)CC2)c1C. The first kappa shape index (κ1) is 15.0. The molecule has 0 spiro atoms. The quantitative estimate of drug-likeness (QED) is 0.836. The van der Waals surface area contributed by atoms with Gasteiger partial charge < -0.3 is 15.5 Å². The molecule has 0 atom stereocenters. The molecule has 2 N–H and O–H groups in total. The number of rotatable bonds is 6. The molecule has 0 unspecified atom stereocenters. The summed E-state index contributed by atoms with van der Waals surface area (Å²) in [5.74, 6) is 2.75. The molecule has 0 bridgehead atoms. The summed E-state index contributed by atoms with van der Waals surface area (Å²) in [7, 11) is 2.21. The Morgan fingerprint density at radius 2 is 1.85 bits per heavy atom. The predicted octanol–water partition coefficient (Wildman–Crippen LogP) is 2.36. The third-order valence-electron chi connectivity index (χ3n) is 4.11. The second kappa shape index (κ2) is 7.43. The minimum absolute atomic E-state index is 0.856. The van der Waals surface area contributed by atoms with Crippen molar-refractivity contribution in [3.05, 3.63) is 11.9 Å². The van der Waals surface area contributed by atoms with Gasteiger partial charge in [-0.15, -0.1) is 0 Å². The molecule has 0 aliphatic carbocycles. The maximum Gasteiger partial charge on any atom is 0.134 e. The van der Waals surface area contributed by atoms with E-state index in [0.29, 0.717) is 0 Å². The molecule has 1 aliphatic rings. The van der Waals surface area contributed by atoms with E-state index in [-0.39, 0.29) is 0 Å². The Hall–Kier alpha value is -1.36. The van der Waals surface area contributed by atoms with Crippen molar-refractivity contribution in [1.82, 2.24) is 14.9 Å². The van der Waals surface area contributed by atoms with Crippen LogP contribution in [0, 0.1) is 12.8 Å². The van der Waals surface area contributed by atoms with Gasteiger partial charge in [0, 0.05) is 18.7 Å². The fourth-order valence-corrected chi connectivity index (χ4v) is 2.72. The minimum atomic E-state index is 0.856. The highest BCUT2D eigenvalue weighted by atomic mass is 15.1. The van der Waals surface area contributed by atoms with Crippen LogP contribution in [0.2, 0.25) is 0 Å². The molecule has 20 heavy (non-hydrogen) atoms. The summed E-state index contributed by atoms with van der Waals surface area (Å²) < 4.78 is 0. The predicted molar refractivity (Wildman–Crippen MR) is 84.3 cm³/mol. The van der Waals surface area contributed by atoms with E-state index < -0.39 is 0 Å². The number of hydrogen-bond acceptors (Lipinski definition) is 5. The molecule has 0 radical (unpaired) electrons. The van der Waals surface area contributed by atoms with Gasteiger partial charge in [-0.1, -0.05) is 0 Å². The lowest BCUT2D eigenvalue weighted by molar-refractivity contribution is 0.215. The van der Waals surface area contributed by atoms with Gasteiger partial charge in [-0.05, 0) is 59.2 Å². The molecule has 2 heterocycles. The first-order chi connectivity index (χ1) is 9.70. The van der Waals surface area contributed by atoms with Crippen molar-refractivity contribution in [2.75, 3.05) is 43.9 Å². The molecule has 2 rings (SSSR count). The molecule has 0 aromatic carbocycles. The number of nitrogens with zero attached hydrogens (tertiary/aromatic N) is 3. The lowest BCUT2D eigenvalue weighted by Gasteiger charge is -2.29. The van der Waals surface area contributed by atoms with Crippen LogP contribution in [-0.4, -0.2) is 48.1 Å². The van der Waals surface area contributed by atoms with Crippen molar-refractivity contribution in [1.29, 1.82) is 0 Å². The molecule has 1 saturated heterocycles. The summed E-state index contributed by atoms with van der Waals surface area (Å²) in [6.07, 6.45) is 5.50. The van der Waals surface area contributed by atoms with Crippen LogP contribution < -0.4 is 10.6 Å². The van der Waals surface area contributed by atoms with Crippen molar-refractivity contribution in [3.8, 4) is 0 Å². The molecule has 5 nitrogen and oxygen atoms in total. The molecule has 112 valence electrons. The summed E-state index contributed by atoms with van der Waals surface area (Å²) in [6, 6.07) is 0. The summed E-state index contributed by atoms with van der Waals surface area (Å²) >= 11 is 0. The molecule has 1 aromatic heterocycles. The third-order valence-corrected chi connectivity index (χ3v) is 4.11. The van der Waals surface area contributed by atoms with Crippen molar-refractivity contribution in [3.63, 3.8) is 0 Å². The van der Waals surface area contributed by atoms with E-state index in [2.05, 4.69) is 46.4 Å². The van der Waals surface area contributed by atoms with Crippen LogP contribution >= 0.6 is 0 Å². The van der Waals surface area contributed by atoms with E-state index in [1.165, 1.54) is 32.4 Å². The summed E-state index contributed by atoms with van der Waals surface area (Å²) in [5.41, 5.74) is 1.11. The van der Waals surface area contributed by atoms with Crippen molar-refractivity contribution >= 4 is 11.6 Å². The zero-order chi connectivity index (χ0) is 14.4. The molecule has 5 heteroatoms.